The van der Waals surface area contributed by atoms with Crippen molar-refractivity contribution in [2.24, 2.45) is 0 Å². The third-order valence-electron chi connectivity index (χ3n) is 3.17. The number of methoxy groups -OCH3 is 1. The molecule has 1 amide bonds. The summed E-state index contributed by atoms with van der Waals surface area (Å²) in [4.78, 5) is 11.9. The van der Waals surface area contributed by atoms with Crippen LogP contribution < -0.4 is 14.8 Å². The van der Waals surface area contributed by atoms with Crippen LogP contribution in [-0.2, 0) is 4.79 Å². The van der Waals surface area contributed by atoms with Crippen LogP contribution in [0.2, 0.25) is 0 Å². The molecule has 0 saturated carbocycles. The minimum Gasteiger partial charge on any atom is -0.497 e. The maximum absolute atomic E-state index is 11.9. The normalized spacial score (nSPS) is 11.9. The van der Waals surface area contributed by atoms with Crippen molar-refractivity contribution in [1.29, 1.82) is 0 Å². The number of benzene rings is 2. The first-order chi connectivity index (χ1) is 11.2. The van der Waals surface area contributed by atoms with Crippen LogP contribution in [0.5, 0.6) is 11.5 Å². The second-order valence-electron chi connectivity index (χ2n) is 5.14. The van der Waals surface area contributed by atoms with Crippen LogP contribution in [-0.4, -0.2) is 25.7 Å². The van der Waals surface area contributed by atoms with Crippen LogP contribution in [0, 0.1) is 0 Å². The van der Waals surface area contributed by atoms with Gasteiger partial charge in [0.2, 0.25) is 5.91 Å². The Kier molecular flexibility index (Phi) is 6.24. The quantitative estimate of drug-likeness (QED) is 0.798. The Morgan fingerprint density at radius 3 is 2.39 bits per heavy atom. The zero-order valence-corrected chi connectivity index (χ0v) is 13.4. The van der Waals surface area contributed by atoms with Crippen LogP contribution in [0.25, 0.3) is 6.08 Å². The molecule has 0 spiro atoms. The Hall–Kier alpha value is -2.75. The van der Waals surface area contributed by atoms with E-state index in [2.05, 4.69) is 5.32 Å². The number of hydrogen-bond acceptors (Lipinski definition) is 3. The lowest BCUT2D eigenvalue weighted by Crippen LogP contribution is -2.35. The fourth-order valence-corrected chi connectivity index (χ4v) is 1.96. The molecule has 4 nitrogen and oxygen atoms in total. The summed E-state index contributed by atoms with van der Waals surface area (Å²) >= 11 is 0. The molecule has 1 unspecified atom stereocenters. The molecule has 0 bridgehead atoms. The molecule has 0 aliphatic rings. The molecule has 1 atom stereocenters. The summed E-state index contributed by atoms with van der Waals surface area (Å²) in [5, 5.41) is 2.87. The first kappa shape index (κ1) is 16.6. The number of nitrogens with one attached hydrogen (secondary N) is 1. The smallest absolute Gasteiger partial charge is 0.244 e. The molecule has 2 aromatic rings. The van der Waals surface area contributed by atoms with Gasteiger partial charge in [-0.05, 0) is 42.8 Å². The summed E-state index contributed by atoms with van der Waals surface area (Å²) in [6, 6.07) is 16.9. The van der Waals surface area contributed by atoms with Crippen molar-refractivity contribution < 1.29 is 14.3 Å². The Morgan fingerprint density at radius 2 is 1.74 bits per heavy atom. The first-order valence-electron chi connectivity index (χ1n) is 7.48. The number of carbonyl (C=O) groups excluding carboxylic acids is 1. The number of hydrogen-bond donors (Lipinski definition) is 1. The number of ether oxygens (including phenoxy) is 2. The molecule has 0 aliphatic heterocycles. The van der Waals surface area contributed by atoms with Crippen LogP contribution in [0.1, 0.15) is 12.5 Å². The highest BCUT2D eigenvalue weighted by Gasteiger charge is 2.05. The predicted octanol–water partition coefficient (Wildman–Crippen LogP) is 3.29. The Bertz CT molecular complexity index is 635. The summed E-state index contributed by atoms with van der Waals surface area (Å²) < 4.78 is 10.7. The molecule has 0 saturated heterocycles. The van der Waals surface area contributed by atoms with Gasteiger partial charge in [0.25, 0.3) is 0 Å². The summed E-state index contributed by atoms with van der Waals surface area (Å²) in [5.41, 5.74) is 0.991. The average molecular weight is 311 g/mol. The van der Waals surface area contributed by atoms with Crippen molar-refractivity contribution in [3.8, 4) is 11.5 Å². The van der Waals surface area contributed by atoms with Gasteiger partial charge in [-0.3, -0.25) is 4.79 Å². The van der Waals surface area contributed by atoms with Gasteiger partial charge in [-0.1, -0.05) is 30.3 Å². The molecule has 0 aromatic heterocycles. The topological polar surface area (TPSA) is 47.6 Å². The maximum Gasteiger partial charge on any atom is 0.244 e. The maximum atomic E-state index is 11.9. The summed E-state index contributed by atoms with van der Waals surface area (Å²) in [6.45, 7) is 2.30. The van der Waals surface area contributed by atoms with Gasteiger partial charge < -0.3 is 14.8 Å². The molecule has 0 heterocycles. The fraction of sp³-hybridized carbons (Fsp3) is 0.211. The van der Waals surface area contributed by atoms with Crippen LogP contribution in [0.3, 0.4) is 0 Å². The van der Waals surface area contributed by atoms with Gasteiger partial charge >= 0.3 is 0 Å². The minimum absolute atomic E-state index is 0.0926. The van der Waals surface area contributed by atoms with E-state index < -0.39 is 0 Å². The zero-order chi connectivity index (χ0) is 16.5. The largest absolute Gasteiger partial charge is 0.497 e. The molecular formula is C19H21NO3. The fourth-order valence-electron chi connectivity index (χ4n) is 1.96. The van der Waals surface area contributed by atoms with E-state index in [0.29, 0.717) is 6.61 Å². The molecule has 23 heavy (non-hydrogen) atoms. The van der Waals surface area contributed by atoms with Crippen molar-refractivity contribution in [2.75, 3.05) is 13.7 Å². The Morgan fingerprint density at radius 1 is 1.09 bits per heavy atom. The number of carbonyl (C=O) groups is 1. The molecular weight excluding hydrogens is 290 g/mol. The lowest BCUT2D eigenvalue weighted by atomic mass is 10.2. The molecule has 2 rings (SSSR count). The van der Waals surface area contributed by atoms with Crippen LogP contribution >= 0.6 is 0 Å². The second kappa shape index (κ2) is 8.63. The van der Waals surface area contributed by atoms with Crippen molar-refractivity contribution >= 4 is 12.0 Å². The SMILES string of the molecule is COc1ccc(OCC(C)NC(=O)/C=C/c2ccccc2)cc1. The van der Waals surface area contributed by atoms with Gasteiger partial charge in [0.1, 0.15) is 18.1 Å². The van der Waals surface area contributed by atoms with Gasteiger partial charge in [-0.2, -0.15) is 0 Å². The van der Waals surface area contributed by atoms with E-state index >= 15 is 0 Å². The van der Waals surface area contributed by atoms with E-state index in [4.69, 9.17) is 9.47 Å². The lowest BCUT2D eigenvalue weighted by Gasteiger charge is -2.14. The van der Waals surface area contributed by atoms with Crippen molar-refractivity contribution in [3.63, 3.8) is 0 Å². The number of rotatable bonds is 7. The Labute approximate surface area is 136 Å². The van der Waals surface area contributed by atoms with E-state index in [-0.39, 0.29) is 11.9 Å². The van der Waals surface area contributed by atoms with Crippen molar-refractivity contribution in [3.05, 3.63) is 66.2 Å². The van der Waals surface area contributed by atoms with Gasteiger partial charge in [0, 0.05) is 6.08 Å². The molecule has 1 N–H and O–H groups in total. The molecule has 4 heteroatoms. The van der Waals surface area contributed by atoms with Crippen molar-refractivity contribution in [1.82, 2.24) is 5.32 Å². The summed E-state index contributed by atoms with van der Waals surface area (Å²) in [5.74, 6) is 1.39. The van der Waals surface area contributed by atoms with E-state index in [1.54, 1.807) is 13.2 Å². The summed E-state index contributed by atoms with van der Waals surface area (Å²) in [6.07, 6.45) is 3.31. The lowest BCUT2D eigenvalue weighted by molar-refractivity contribution is -0.117. The molecule has 0 fully saturated rings. The standard InChI is InChI=1S/C19H21NO3/c1-15(14-23-18-11-9-17(22-2)10-12-18)20-19(21)13-8-16-6-4-3-5-7-16/h3-13,15H,14H2,1-2H3,(H,20,21)/b13-8+. The van der Waals surface area contributed by atoms with Crippen LogP contribution in [0.4, 0.5) is 0 Å². The number of amides is 1. The van der Waals surface area contributed by atoms with E-state index in [1.807, 2.05) is 61.5 Å². The van der Waals surface area contributed by atoms with E-state index in [1.165, 1.54) is 6.08 Å². The monoisotopic (exact) mass is 311 g/mol. The molecule has 120 valence electrons. The van der Waals surface area contributed by atoms with E-state index in [9.17, 15) is 4.79 Å². The molecule has 2 aromatic carbocycles. The van der Waals surface area contributed by atoms with E-state index in [0.717, 1.165) is 17.1 Å². The zero-order valence-electron chi connectivity index (χ0n) is 13.4. The minimum atomic E-state index is -0.139. The molecule has 0 aliphatic carbocycles. The van der Waals surface area contributed by atoms with Crippen LogP contribution in [0.15, 0.2) is 60.7 Å². The predicted molar refractivity (Wildman–Crippen MR) is 91.6 cm³/mol. The molecule has 0 radical (unpaired) electrons. The van der Waals surface area contributed by atoms with Gasteiger partial charge in [-0.15, -0.1) is 0 Å². The third kappa shape index (κ3) is 5.87. The second-order valence-corrected chi connectivity index (χ2v) is 5.14. The van der Waals surface area contributed by atoms with Gasteiger partial charge in [0.05, 0.1) is 13.2 Å². The first-order valence-corrected chi connectivity index (χ1v) is 7.48. The summed E-state index contributed by atoms with van der Waals surface area (Å²) in [7, 11) is 1.62. The average Bonchev–Trinajstić information content (AvgIpc) is 2.59. The van der Waals surface area contributed by atoms with Gasteiger partial charge in [0.15, 0.2) is 0 Å². The highest BCUT2D eigenvalue weighted by Crippen LogP contribution is 2.17. The Balaban J connectivity index is 1.76. The van der Waals surface area contributed by atoms with Crippen molar-refractivity contribution in [2.45, 2.75) is 13.0 Å². The highest BCUT2D eigenvalue weighted by molar-refractivity contribution is 5.91. The van der Waals surface area contributed by atoms with Gasteiger partial charge in [-0.25, -0.2) is 0 Å². The third-order valence-corrected chi connectivity index (χ3v) is 3.17. The highest BCUT2D eigenvalue weighted by atomic mass is 16.5.